The first-order valence-corrected chi connectivity index (χ1v) is 10.0. The van der Waals surface area contributed by atoms with Crippen molar-refractivity contribution in [1.82, 2.24) is 10.6 Å². The zero-order valence-electron chi connectivity index (χ0n) is 16.4. The molecule has 1 saturated heterocycles. The van der Waals surface area contributed by atoms with Crippen molar-refractivity contribution in [1.29, 1.82) is 0 Å². The highest BCUT2D eigenvalue weighted by molar-refractivity contribution is 5.96. The molecule has 28 heavy (non-hydrogen) atoms. The molecule has 2 aromatic rings. The summed E-state index contributed by atoms with van der Waals surface area (Å²) in [6.07, 6.45) is 4.37. The Hall–Kier alpha value is -2.66. The Morgan fingerprint density at radius 3 is 2.71 bits per heavy atom. The molecule has 1 aliphatic rings. The first-order chi connectivity index (χ1) is 13.6. The smallest absolute Gasteiger partial charge is 0.319 e. The molecule has 0 bridgehead atoms. The summed E-state index contributed by atoms with van der Waals surface area (Å²) in [5.41, 5.74) is 2.62. The Kier molecular flexibility index (Phi) is 7.20. The second-order valence-corrected chi connectivity index (χ2v) is 7.54. The van der Waals surface area contributed by atoms with Gasteiger partial charge in [0.05, 0.1) is 0 Å². The van der Waals surface area contributed by atoms with E-state index >= 15 is 0 Å². The monoisotopic (exact) mass is 379 g/mol. The van der Waals surface area contributed by atoms with Crippen LogP contribution in [-0.2, 0) is 6.42 Å². The van der Waals surface area contributed by atoms with Gasteiger partial charge in [-0.05, 0) is 62.8 Å². The zero-order valence-corrected chi connectivity index (χ0v) is 16.4. The summed E-state index contributed by atoms with van der Waals surface area (Å²) >= 11 is 0. The molecule has 3 N–H and O–H groups in total. The second-order valence-electron chi connectivity index (χ2n) is 7.54. The van der Waals surface area contributed by atoms with E-state index in [0.29, 0.717) is 29.8 Å². The number of piperidine rings is 1. The molecule has 0 saturated carbocycles. The molecule has 2 amide bonds. The Morgan fingerprint density at radius 1 is 1.11 bits per heavy atom. The van der Waals surface area contributed by atoms with E-state index in [-0.39, 0.29) is 11.8 Å². The number of carbonyl (C=O) groups excluding carboxylic acids is 2. The van der Waals surface area contributed by atoms with E-state index < -0.39 is 0 Å². The fourth-order valence-corrected chi connectivity index (χ4v) is 3.80. The number of Topliss-reactive ketones (excluding diaryl/α,β-unsaturated/α-hetero) is 1. The van der Waals surface area contributed by atoms with Crippen LogP contribution in [0, 0.1) is 5.92 Å². The van der Waals surface area contributed by atoms with E-state index in [4.69, 9.17) is 0 Å². The molecule has 2 atom stereocenters. The van der Waals surface area contributed by atoms with Crippen molar-refractivity contribution in [3.05, 3.63) is 65.7 Å². The zero-order chi connectivity index (χ0) is 19.8. The van der Waals surface area contributed by atoms with Crippen LogP contribution in [0.4, 0.5) is 10.5 Å². The molecule has 2 aromatic carbocycles. The van der Waals surface area contributed by atoms with Crippen LogP contribution in [0.5, 0.6) is 0 Å². The molecule has 0 aliphatic carbocycles. The van der Waals surface area contributed by atoms with Crippen LogP contribution in [-0.4, -0.2) is 30.9 Å². The van der Waals surface area contributed by atoms with Gasteiger partial charge in [-0.2, -0.15) is 0 Å². The van der Waals surface area contributed by atoms with Gasteiger partial charge in [-0.25, -0.2) is 4.79 Å². The lowest BCUT2D eigenvalue weighted by Gasteiger charge is -2.30. The average molecular weight is 380 g/mol. The number of nitrogens with one attached hydrogen (secondary N) is 3. The largest absolute Gasteiger partial charge is 0.338 e. The quantitative estimate of drug-likeness (QED) is 0.637. The van der Waals surface area contributed by atoms with Crippen LogP contribution in [0.25, 0.3) is 0 Å². The predicted octanol–water partition coefficient (Wildman–Crippen LogP) is 4.01. The highest BCUT2D eigenvalue weighted by Gasteiger charge is 2.21. The SMILES string of the molecule is CC(=O)c1cccc(NC(=O)NCC[C@@H]2C[C@@H](Cc3ccccc3)CCN2)c1. The fraction of sp³-hybridized carbons (Fsp3) is 0.391. The van der Waals surface area contributed by atoms with Crippen molar-refractivity contribution < 1.29 is 9.59 Å². The van der Waals surface area contributed by atoms with E-state index in [1.807, 2.05) is 0 Å². The Balaban J connectivity index is 1.40. The number of carbonyl (C=O) groups is 2. The Morgan fingerprint density at radius 2 is 1.93 bits per heavy atom. The van der Waals surface area contributed by atoms with Gasteiger partial charge >= 0.3 is 6.03 Å². The molecule has 1 heterocycles. The van der Waals surface area contributed by atoms with Gasteiger partial charge in [0.2, 0.25) is 0 Å². The van der Waals surface area contributed by atoms with Gasteiger partial charge in [-0.3, -0.25) is 4.79 Å². The number of amides is 2. The van der Waals surface area contributed by atoms with Gasteiger partial charge in [-0.1, -0.05) is 42.5 Å². The van der Waals surface area contributed by atoms with Crippen LogP contribution in [0.15, 0.2) is 54.6 Å². The third-order valence-electron chi connectivity index (χ3n) is 5.28. The van der Waals surface area contributed by atoms with E-state index in [0.717, 1.165) is 25.8 Å². The highest BCUT2D eigenvalue weighted by Crippen LogP contribution is 2.22. The maximum atomic E-state index is 12.1. The van der Waals surface area contributed by atoms with Crippen LogP contribution < -0.4 is 16.0 Å². The van der Waals surface area contributed by atoms with Crippen LogP contribution in [0.1, 0.15) is 42.1 Å². The van der Waals surface area contributed by atoms with Crippen molar-refractivity contribution in [2.45, 2.75) is 38.6 Å². The summed E-state index contributed by atoms with van der Waals surface area (Å²) in [6.45, 7) is 3.17. The molecule has 5 heteroatoms. The first kappa shape index (κ1) is 20.1. The van der Waals surface area contributed by atoms with Crippen molar-refractivity contribution in [2.24, 2.45) is 5.92 Å². The molecule has 0 unspecified atom stereocenters. The standard InChI is InChI=1S/C23H29N3O2/c1-17(27)20-8-5-9-22(16-20)26-23(28)25-13-11-21-15-19(10-12-24-21)14-18-6-3-2-4-7-18/h2-9,16,19,21,24H,10-15H2,1H3,(H2,25,26,28)/t19-,21-/m1/s1. The number of hydrogen-bond acceptors (Lipinski definition) is 3. The summed E-state index contributed by atoms with van der Waals surface area (Å²) < 4.78 is 0. The number of urea groups is 1. The average Bonchev–Trinajstić information content (AvgIpc) is 2.69. The third kappa shape index (κ3) is 6.20. The topological polar surface area (TPSA) is 70.2 Å². The van der Waals surface area contributed by atoms with Crippen molar-refractivity contribution in [3.8, 4) is 0 Å². The molecular weight excluding hydrogens is 350 g/mol. The summed E-state index contributed by atoms with van der Waals surface area (Å²) in [5.74, 6) is 0.675. The number of hydrogen-bond donors (Lipinski definition) is 3. The molecule has 148 valence electrons. The van der Waals surface area contributed by atoms with Gasteiger partial charge in [-0.15, -0.1) is 0 Å². The molecule has 1 aliphatic heterocycles. The van der Waals surface area contributed by atoms with Gasteiger partial charge < -0.3 is 16.0 Å². The van der Waals surface area contributed by atoms with Gasteiger partial charge in [0.1, 0.15) is 0 Å². The summed E-state index contributed by atoms with van der Waals surface area (Å²) in [5, 5.41) is 9.28. The van der Waals surface area contributed by atoms with Gasteiger partial charge in [0, 0.05) is 23.8 Å². The molecule has 0 spiro atoms. The lowest BCUT2D eigenvalue weighted by atomic mass is 9.86. The molecule has 0 aromatic heterocycles. The van der Waals surface area contributed by atoms with E-state index in [9.17, 15) is 9.59 Å². The Bertz CT molecular complexity index is 791. The minimum atomic E-state index is -0.239. The molecule has 5 nitrogen and oxygen atoms in total. The number of rotatable bonds is 7. The molecule has 3 rings (SSSR count). The Labute approximate surface area is 166 Å². The normalized spacial score (nSPS) is 19.0. The summed E-state index contributed by atoms with van der Waals surface area (Å²) in [6, 6.07) is 17.8. The minimum absolute atomic E-state index is 0.0162. The van der Waals surface area contributed by atoms with Crippen LogP contribution in [0.3, 0.4) is 0 Å². The molecular formula is C23H29N3O2. The van der Waals surface area contributed by atoms with Crippen LogP contribution >= 0.6 is 0 Å². The lowest BCUT2D eigenvalue weighted by molar-refractivity contribution is 0.101. The first-order valence-electron chi connectivity index (χ1n) is 10.0. The number of benzene rings is 2. The number of ketones is 1. The maximum absolute atomic E-state index is 12.1. The van der Waals surface area contributed by atoms with Gasteiger partial charge in [0.15, 0.2) is 5.78 Å². The molecule has 0 radical (unpaired) electrons. The predicted molar refractivity (Wildman–Crippen MR) is 113 cm³/mol. The van der Waals surface area contributed by atoms with Crippen molar-refractivity contribution >= 4 is 17.5 Å². The lowest BCUT2D eigenvalue weighted by Crippen LogP contribution is -2.41. The third-order valence-corrected chi connectivity index (χ3v) is 5.28. The van der Waals surface area contributed by atoms with Crippen molar-refractivity contribution in [3.63, 3.8) is 0 Å². The summed E-state index contributed by atoms with van der Waals surface area (Å²) in [4.78, 5) is 23.6. The van der Waals surface area contributed by atoms with Crippen LogP contribution in [0.2, 0.25) is 0 Å². The fourth-order valence-electron chi connectivity index (χ4n) is 3.80. The maximum Gasteiger partial charge on any atom is 0.319 e. The number of anilines is 1. The van der Waals surface area contributed by atoms with E-state index in [1.165, 1.54) is 18.9 Å². The minimum Gasteiger partial charge on any atom is -0.338 e. The van der Waals surface area contributed by atoms with E-state index in [2.05, 4.69) is 46.3 Å². The van der Waals surface area contributed by atoms with E-state index in [1.54, 1.807) is 24.3 Å². The highest BCUT2D eigenvalue weighted by atomic mass is 16.2. The van der Waals surface area contributed by atoms with Crippen molar-refractivity contribution in [2.75, 3.05) is 18.4 Å². The second kappa shape index (κ2) is 10.0. The summed E-state index contributed by atoms with van der Waals surface area (Å²) in [7, 11) is 0. The van der Waals surface area contributed by atoms with Gasteiger partial charge in [0.25, 0.3) is 0 Å². The molecule has 1 fully saturated rings.